The molecule has 23 heavy (non-hydrogen) atoms. The zero-order chi connectivity index (χ0) is 17.5. The van der Waals surface area contributed by atoms with Gasteiger partial charge in [0.25, 0.3) is 0 Å². The number of hydrogen-bond acceptors (Lipinski definition) is 4. The predicted molar refractivity (Wildman–Crippen MR) is 79.0 cm³/mol. The summed E-state index contributed by atoms with van der Waals surface area (Å²) in [4.78, 5) is 26.3. The molecule has 1 aromatic rings. The minimum Gasteiger partial charge on any atom is -0.480 e. The van der Waals surface area contributed by atoms with Crippen molar-refractivity contribution in [2.75, 3.05) is 5.75 Å². The molecule has 0 fully saturated rings. The highest BCUT2D eigenvalue weighted by Gasteiger charge is 2.30. The van der Waals surface area contributed by atoms with Crippen LogP contribution in [0.5, 0.6) is 0 Å². The number of aromatic nitrogens is 1. The molecule has 1 heterocycles. The Morgan fingerprint density at radius 1 is 1.43 bits per heavy atom. The van der Waals surface area contributed by atoms with E-state index in [1.807, 2.05) is 0 Å². The summed E-state index contributed by atoms with van der Waals surface area (Å²) in [7, 11) is 0. The van der Waals surface area contributed by atoms with E-state index in [1.54, 1.807) is 19.1 Å². The highest BCUT2D eigenvalue weighted by atomic mass is 32.2. The van der Waals surface area contributed by atoms with E-state index in [-0.39, 0.29) is 17.2 Å². The lowest BCUT2D eigenvalue weighted by molar-refractivity contribution is -0.141. The van der Waals surface area contributed by atoms with Gasteiger partial charge in [0.15, 0.2) is 0 Å². The van der Waals surface area contributed by atoms with Crippen molar-refractivity contribution < 1.29 is 27.9 Å². The number of carboxylic acid groups (broad SMARTS) is 1. The Balaban J connectivity index is 2.53. The molecule has 0 bridgehead atoms. The minimum atomic E-state index is -4.46. The third-order valence-corrected chi connectivity index (χ3v) is 3.60. The number of rotatable bonds is 7. The summed E-state index contributed by atoms with van der Waals surface area (Å²) in [6, 6.07) is 0.995. The van der Waals surface area contributed by atoms with Gasteiger partial charge in [-0.15, -0.1) is 0 Å². The Morgan fingerprint density at radius 3 is 2.61 bits per heavy atom. The summed E-state index contributed by atoms with van der Waals surface area (Å²) in [5, 5.41) is 11.5. The number of pyridine rings is 1. The van der Waals surface area contributed by atoms with Crippen LogP contribution >= 0.6 is 11.8 Å². The molecule has 9 heteroatoms. The third-order valence-electron chi connectivity index (χ3n) is 2.66. The topological polar surface area (TPSA) is 79.3 Å². The molecule has 126 valence electrons. The van der Waals surface area contributed by atoms with Crippen LogP contribution in [-0.4, -0.2) is 33.8 Å². The van der Waals surface area contributed by atoms with Crippen molar-refractivity contribution in [2.24, 2.45) is 0 Å². The van der Waals surface area contributed by atoms with Crippen LogP contribution in [-0.2, 0) is 15.8 Å². The first-order valence-electron chi connectivity index (χ1n) is 6.53. The molecule has 2 N–H and O–H groups in total. The summed E-state index contributed by atoms with van der Waals surface area (Å²) < 4.78 is 37.1. The minimum absolute atomic E-state index is 0.141. The molecular weight excluding hydrogens is 333 g/mol. The number of carboxylic acids is 1. The van der Waals surface area contributed by atoms with Gasteiger partial charge in [0.2, 0.25) is 5.91 Å². The van der Waals surface area contributed by atoms with Gasteiger partial charge in [0.1, 0.15) is 6.04 Å². The SMILES string of the molecule is C/C=C/CC(NC(=O)CSc1ccc(C(F)(F)F)cn1)C(=O)O. The average Bonchev–Trinajstić information content (AvgIpc) is 2.48. The normalized spacial score (nSPS) is 13.0. The van der Waals surface area contributed by atoms with E-state index >= 15 is 0 Å². The maximum atomic E-state index is 12.4. The fraction of sp³-hybridized carbons (Fsp3) is 0.357. The average molecular weight is 348 g/mol. The van der Waals surface area contributed by atoms with Gasteiger partial charge in [0.05, 0.1) is 16.3 Å². The molecule has 0 aliphatic rings. The van der Waals surface area contributed by atoms with Crippen LogP contribution in [0.2, 0.25) is 0 Å². The molecule has 0 aliphatic heterocycles. The summed E-state index contributed by atoms with van der Waals surface area (Å²) >= 11 is 0.924. The number of nitrogens with zero attached hydrogens (tertiary/aromatic N) is 1. The molecule has 5 nitrogen and oxygen atoms in total. The van der Waals surface area contributed by atoms with Crippen LogP contribution in [0.25, 0.3) is 0 Å². The Bertz CT molecular complexity index is 574. The largest absolute Gasteiger partial charge is 0.480 e. The maximum absolute atomic E-state index is 12.4. The number of hydrogen-bond donors (Lipinski definition) is 2. The number of allylic oxidation sites excluding steroid dienone is 1. The molecule has 1 rings (SSSR count). The number of thioether (sulfide) groups is 1. The van der Waals surface area contributed by atoms with E-state index in [0.29, 0.717) is 6.20 Å². The lowest BCUT2D eigenvalue weighted by Crippen LogP contribution is -2.41. The number of nitrogens with one attached hydrogen (secondary N) is 1. The number of alkyl halides is 3. The molecule has 0 spiro atoms. The van der Waals surface area contributed by atoms with Crippen molar-refractivity contribution in [3.63, 3.8) is 0 Å². The summed E-state index contributed by atoms with van der Waals surface area (Å²) in [5.74, 6) is -1.83. The van der Waals surface area contributed by atoms with E-state index in [0.717, 1.165) is 23.9 Å². The molecule has 0 radical (unpaired) electrons. The molecule has 0 aliphatic carbocycles. The fourth-order valence-electron chi connectivity index (χ4n) is 1.50. The second-order valence-electron chi connectivity index (χ2n) is 4.43. The molecule has 0 saturated carbocycles. The van der Waals surface area contributed by atoms with Gasteiger partial charge in [0, 0.05) is 6.20 Å². The van der Waals surface area contributed by atoms with Gasteiger partial charge in [-0.1, -0.05) is 23.9 Å². The van der Waals surface area contributed by atoms with Gasteiger partial charge >= 0.3 is 12.1 Å². The summed E-state index contributed by atoms with van der Waals surface area (Å²) in [5.41, 5.74) is -0.872. The Morgan fingerprint density at radius 2 is 2.13 bits per heavy atom. The Labute approximate surface area is 135 Å². The second-order valence-corrected chi connectivity index (χ2v) is 5.43. The number of halogens is 3. The van der Waals surface area contributed by atoms with E-state index < -0.39 is 29.7 Å². The van der Waals surface area contributed by atoms with E-state index in [1.165, 1.54) is 0 Å². The summed E-state index contributed by atoms with van der Waals surface area (Å²) in [6.45, 7) is 1.73. The van der Waals surface area contributed by atoms with Crippen molar-refractivity contribution in [1.29, 1.82) is 0 Å². The molecule has 1 aromatic heterocycles. The standard InChI is InChI=1S/C14H15F3N2O3S/c1-2-3-4-10(13(21)22)19-11(20)8-23-12-6-5-9(7-18-12)14(15,16)17/h2-3,5-7,10H,4,8H2,1H3,(H,19,20)(H,21,22)/b3-2+. The van der Waals surface area contributed by atoms with Crippen molar-refractivity contribution >= 4 is 23.6 Å². The lowest BCUT2D eigenvalue weighted by atomic mass is 10.2. The highest BCUT2D eigenvalue weighted by molar-refractivity contribution is 7.99. The van der Waals surface area contributed by atoms with Crippen LogP contribution in [0.3, 0.4) is 0 Å². The summed E-state index contributed by atoms with van der Waals surface area (Å²) in [6.07, 6.45) is -0.339. The number of aliphatic carboxylic acids is 1. The highest BCUT2D eigenvalue weighted by Crippen LogP contribution is 2.29. The third kappa shape index (κ3) is 6.72. The smallest absolute Gasteiger partial charge is 0.417 e. The van der Waals surface area contributed by atoms with Crippen molar-refractivity contribution in [1.82, 2.24) is 10.3 Å². The zero-order valence-electron chi connectivity index (χ0n) is 12.1. The quantitative estimate of drug-likeness (QED) is 0.585. The molecule has 0 aromatic carbocycles. The van der Waals surface area contributed by atoms with Gasteiger partial charge in [-0.05, 0) is 25.5 Å². The Kier molecular flexibility index (Phi) is 7.08. The molecule has 1 atom stereocenters. The maximum Gasteiger partial charge on any atom is 0.417 e. The van der Waals surface area contributed by atoms with Crippen molar-refractivity contribution in [3.8, 4) is 0 Å². The van der Waals surface area contributed by atoms with Gasteiger partial charge in [-0.25, -0.2) is 9.78 Å². The molecule has 0 saturated heterocycles. The van der Waals surface area contributed by atoms with Gasteiger partial charge in [-0.2, -0.15) is 13.2 Å². The molecular formula is C14H15F3N2O3S. The van der Waals surface area contributed by atoms with E-state index in [4.69, 9.17) is 5.11 Å². The van der Waals surface area contributed by atoms with Crippen LogP contribution in [0.15, 0.2) is 35.5 Å². The van der Waals surface area contributed by atoms with E-state index in [9.17, 15) is 22.8 Å². The van der Waals surface area contributed by atoms with Crippen LogP contribution in [0.1, 0.15) is 18.9 Å². The predicted octanol–water partition coefficient (Wildman–Crippen LogP) is 2.73. The number of amides is 1. The Hall–Kier alpha value is -2.03. The first-order chi connectivity index (χ1) is 10.7. The molecule has 1 unspecified atom stereocenters. The van der Waals surface area contributed by atoms with Crippen molar-refractivity contribution in [2.45, 2.75) is 30.6 Å². The van der Waals surface area contributed by atoms with Crippen LogP contribution in [0, 0.1) is 0 Å². The first kappa shape index (κ1) is 19.0. The van der Waals surface area contributed by atoms with Crippen LogP contribution in [0.4, 0.5) is 13.2 Å². The van der Waals surface area contributed by atoms with E-state index in [2.05, 4.69) is 10.3 Å². The number of carbonyl (C=O) groups excluding carboxylic acids is 1. The van der Waals surface area contributed by atoms with Crippen LogP contribution < -0.4 is 5.32 Å². The van der Waals surface area contributed by atoms with Gasteiger partial charge in [-0.3, -0.25) is 4.79 Å². The number of carbonyl (C=O) groups is 2. The van der Waals surface area contributed by atoms with Gasteiger partial charge < -0.3 is 10.4 Å². The second kappa shape index (κ2) is 8.56. The van der Waals surface area contributed by atoms with Crippen molar-refractivity contribution in [3.05, 3.63) is 36.0 Å². The molecule has 1 amide bonds. The first-order valence-corrected chi connectivity index (χ1v) is 7.52. The lowest BCUT2D eigenvalue weighted by Gasteiger charge is -2.12. The monoisotopic (exact) mass is 348 g/mol. The zero-order valence-corrected chi connectivity index (χ0v) is 12.9. The fourth-order valence-corrected chi connectivity index (χ4v) is 2.16.